The summed E-state index contributed by atoms with van der Waals surface area (Å²) in [6.45, 7) is 2.04. The second-order valence-electron chi connectivity index (χ2n) is 3.40. The van der Waals surface area contributed by atoms with Gasteiger partial charge in [0.1, 0.15) is 5.54 Å². The molecule has 0 heterocycles. The molecule has 0 radical (unpaired) electrons. The van der Waals surface area contributed by atoms with Crippen molar-refractivity contribution in [1.82, 2.24) is 4.72 Å². The number of carboxylic acid groups (broad SMARTS) is 1. The van der Waals surface area contributed by atoms with Gasteiger partial charge in [0.2, 0.25) is 10.9 Å². The van der Waals surface area contributed by atoms with E-state index in [0.29, 0.717) is 6.42 Å². The fourth-order valence-electron chi connectivity index (χ4n) is 1.40. The van der Waals surface area contributed by atoms with Crippen molar-refractivity contribution in [2.75, 3.05) is 6.54 Å². The molecule has 0 aliphatic heterocycles. The van der Waals surface area contributed by atoms with Gasteiger partial charge in [-0.1, -0.05) is 19.8 Å². The molecule has 0 fully saturated rings. The van der Waals surface area contributed by atoms with E-state index in [2.05, 4.69) is 4.72 Å². The van der Waals surface area contributed by atoms with Crippen LogP contribution in [0.4, 0.5) is 0 Å². The summed E-state index contributed by atoms with van der Waals surface area (Å²) in [6, 6.07) is 0. The predicted molar refractivity (Wildman–Crippen MR) is 57.0 cm³/mol. The van der Waals surface area contributed by atoms with Crippen LogP contribution < -0.4 is 10.5 Å². The molecule has 7 heteroatoms. The Hall–Kier alpha value is -0.660. The van der Waals surface area contributed by atoms with Crippen LogP contribution in [0.15, 0.2) is 0 Å². The number of rotatable bonds is 8. The van der Waals surface area contributed by atoms with Crippen molar-refractivity contribution in [2.24, 2.45) is 5.73 Å². The van der Waals surface area contributed by atoms with Crippen molar-refractivity contribution in [1.29, 1.82) is 0 Å². The van der Waals surface area contributed by atoms with E-state index < -0.39 is 22.4 Å². The average Bonchev–Trinajstić information content (AvgIpc) is 2.13. The lowest BCUT2D eigenvalue weighted by Gasteiger charge is -2.27. The molecular weight excluding hydrogens is 220 g/mol. The summed E-state index contributed by atoms with van der Waals surface area (Å²) in [4.78, 5) is 11.1. The molecule has 0 bridgehead atoms. The maximum atomic E-state index is 11.1. The molecule has 0 amide bonds. The third-order valence-electron chi connectivity index (χ3n) is 2.24. The molecule has 0 aromatic rings. The highest BCUT2D eigenvalue weighted by Gasteiger charge is 2.37. The first-order valence-electron chi connectivity index (χ1n) is 4.84. The van der Waals surface area contributed by atoms with E-state index in [1.807, 2.05) is 6.92 Å². The summed E-state index contributed by atoms with van der Waals surface area (Å²) >= 11 is 0. The molecule has 0 aliphatic rings. The SMILES string of the molecule is CCCCC(CCN)(N[SH](=O)=O)C(=O)O. The Morgan fingerprint density at radius 2 is 2.07 bits per heavy atom. The second-order valence-corrected chi connectivity index (χ2v) is 4.14. The zero-order chi connectivity index (χ0) is 11.9. The van der Waals surface area contributed by atoms with E-state index in [1.165, 1.54) is 0 Å². The van der Waals surface area contributed by atoms with Crippen LogP contribution in [0.25, 0.3) is 0 Å². The summed E-state index contributed by atoms with van der Waals surface area (Å²) in [6.07, 6.45) is 1.81. The Morgan fingerprint density at radius 3 is 2.40 bits per heavy atom. The second kappa shape index (κ2) is 6.76. The smallest absolute Gasteiger partial charge is 0.324 e. The normalized spacial score (nSPS) is 15.1. The molecule has 0 spiro atoms. The molecule has 4 N–H and O–H groups in total. The summed E-state index contributed by atoms with van der Waals surface area (Å²) in [5.41, 5.74) is 3.87. The number of nitrogens with two attached hydrogens (primary N) is 1. The van der Waals surface area contributed by atoms with Crippen LogP contribution in [-0.4, -0.2) is 31.6 Å². The first-order valence-corrected chi connectivity index (χ1v) is 6.02. The van der Waals surface area contributed by atoms with Crippen LogP contribution in [0.2, 0.25) is 0 Å². The molecule has 1 atom stereocenters. The van der Waals surface area contributed by atoms with Crippen LogP contribution >= 0.6 is 0 Å². The number of hydrogen-bond acceptors (Lipinski definition) is 4. The minimum absolute atomic E-state index is 0.103. The van der Waals surface area contributed by atoms with Gasteiger partial charge in [-0.2, -0.15) is 0 Å². The van der Waals surface area contributed by atoms with Crippen molar-refractivity contribution in [3.8, 4) is 0 Å². The van der Waals surface area contributed by atoms with Crippen molar-refractivity contribution >= 4 is 16.9 Å². The van der Waals surface area contributed by atoms with Gasteiger partial charge in [0.15, 0.2) is 0 Å². The molecule has 1 unspecified atom stereocenters. The zero-order valence-electron chi connectivity index (χ0n) is 8.73. The number of carboxylic acids is 1. The van der Waals surface area contributed by atoms with E-state index in [9.17, 15) is 13.2 Å². The fourth-order valence-corrected chi connectivity index (χ4v) is 2.07. The van der Waals surface area contributed by atoms with Gasteiger partial charge >= 0.3 is 5.97 Å². The number of nitrogens with one attached hydrogen (secondary N) is 1. The number of carbonyl (C=O) groups is 1. The number of thiol groups is 1. The Kier molecular flexibility index (Phi) is 6.46. The highest BCUT2D eigenvalue weighted by molar-refractivity contribution is 7.70. The number of aliphatic carboxylic acids is 1. The van der Waals surface area contributed by atoms with Gasteiger partial charge in [-0.05, 0) is 19.4 Å². The van der Waals surface area contributed by atoms with Gasteiger partial charge < -0.3 is 10.8 Å². The first kappa shape index (κ1) is 14.3. The predicted octanol–water partition coefficient (Wildman–Crippen LogP) is -0.535. The zero-order valence-corrected chi connectivity index (χ0v) is 9.63. The molecule has 0 aliphatic carbocycles. The van der Waals surface area contributed by atoms with Crippen LogP contribution in [0, 0.1) is 0 Å². The number of hydrogen-bond donors (Lipinski definition) is 4. The van der Waals surface area contributed by atoms with Gasteiger partial charge in [0.25, 0.3) is 0 Å². The maximum absolute atomic E-state index is 11.1. The van der Waals surface area contributed by atoms with Gasteiger partial charge in [-0.3, -0.25) is 4.79 Å². The van der Waals surface area contributed by atoms with E-state index in [4.69, 9.17) is 10.8 Å². The average molecular weight is 238 g/mol. The van der Waals surface area contributed by atoms with Gasteiger partial charge in [-0.15, -0.1) is 0 Å². The molecule has 90 valence electrons. The van der Waals surface area contributed by atoms with E-state index in [-0.39, 0.29) is 19.4 Å². The van der Waals surface area contributed by atoms with Crippen molar-refractivity contribution in [2.45, 2.75) is 38.1 Å². The summed E-state index contributed by atoms with van der Waals surface area (Å²) in [7, 11) is -2.94. The lowest BCUT2D eigenvalue weighted by atomic mass is 9.90. The Bertz CT molecular complexity index is 272. The minimum Gasteiger partial charge on any atom is -0.480 e. The van der Waals surface area contributed by atoms with Gasteiger partial charge in [0.05, 0.1) is 0 Å². The van der Waals surface area contributed by atoms with Gasteiger partial charge in [0, 0.05) is 0 Å². The Morgan fingerprint density at radius 1 is 1.47 bits per heavy atom. The van der Waals surface area contributed by atoms with Crippen molar-refractivity contribution in [3.05, 3.63) is 0 Å². The molecule has 0 aromatic heterocycles. The minimum atomic E-state index is -2.94. The Balaban J connectivity index is 4.79. The highest BCUT2D eigenvalue weighted by atomic mass is 32.2. The fraction of sp³-hybridized carbons (Fsp3) is 0.875. The summed E-state index contributed by atoms with van der Waals surface area (Å²) in [5.74, 6) is -1.17. The molecular formula is C8H18N2O4S. The monoisotopic (exact) mass is 238 g/mol. The van der Waals surface area contributed by atoms with E-state index >= 15 is 0 Å². The number of unbranched alkanes of at least 4 members (excludes halogenated alkanes) is 1. The van der Waals surface area contributed by atoms with Crippen molar-refractivity contribution in [3.63, 3.8) is 0 Å². The van der Waals surface area contributed by atoms with Gasteiger partial charge in [-0.25, -0.2) is 13.1 Å². The molecule has 0 aromatic carbocycles. The van der Waals surface area contributed by atoms with Crippen LogP contribution in [-0.2, 0) is 15.7 Å². The van der Waals surface area contributed by atoms with E-state index in [1.54, 1.807) is 0 Å². The molecule has 15 heavy (non-hydrogen) atoms. The molecule has 0 saturated heterocycles. The van der Waals surface area contributed by atoms with Crippen LogP contribution in [0.5, 0.6) is 0 Å². The van der Waals surface area contributed by atoms with Crippen LogP contribution in [0.1, 0.15) is 32.6 Å². The maximum Gasteiger partial charge on any atom is 0.324 e. The highest BCUT2D eigenvalue weighted by Crippen LogP contribution is 2.18. The Labute approximate surface area is 90.9 Å². The largest absolute Gasteiger partial charge is 0.480 e. The molecule has 0 saturated carbocycles. The van der Waals surface area contributed by atoms with Crippen LogP contribution in [0.3, 0.4) is 0 Å². The third kappa shape index (κ3) is 4.59. The standard InChI is InChI=1S/C8H18N2O4S/c1-2-3-4-8(5-6-9,7(11)12)10-15(13)14/h15H,2-6,9H2,1H3,(H,11,12)(H,10,13,14). The molecule has 6 nitrogen and oxygen atoms in total. The summed E-state index contributed by atoms with van der Waals surface area (Å²) < 4.78 is 23.3. The quantitative estimate of drug-likeness (QED) is 0.425. The molecule has 0 rings (SSSR count). The summed E-state index contributed by atoms with van der Waals surface area (Å²) in [5, 5.41) is 9.04. The lowest BCUT2D eigenvalue weighted by Crippen LogP contribution is -2.52. The topological polar surface area (TPSA) is 109 Å². The lowest BCUT2D eigenvalue weighted by molar-refractivity contribution is -0.144. The third-order valence-corrected chi connectivity index (χ3v) is 2.85. The first-order chi connectivity index (χ1) is 6.98. The van der Waals surface area contributed by atoms with Crippen molar-refractivity contribution < 1.29 is 18.3 Å². The van der Waals surface area contributed by atoms with E-state index in [0.717, 1.165) is 6.42 Å².